The van der Waals surface area contributed by atoms with Gasteiger partial charge in [-0.05, 0) is 43.6 Å². The number of hydrogen-bond donors (Lipinski definition) is 1. The summed E-state index contributed by atoms with van der Waals surface area (Å²) in [6.07, 6.45) is 7.41. The minimum absolute atomic E-state index is 0.0156. The van der Waals surface area contributed by atoms with Gasteiger partial charge in [0.25, 0.3) is 0 Å². The summed E-state index contributed by atoms with van der Waals surface area (Å²) in [4.78, 5) is 15.0. The van der Waals surface area contributed by atoms with E-state index in [1.165, 1.54) is 12.8 Å². The summed E-state index contributed by atoms with van der Waals surface area (Å²) in [5.41, 5.74) is 7.48. The Bertz CT molecular complexity index is 585. The molecular weight excluding hydrogens is 292 g/mol. The fraction of sp³-hybridized carbons (Fsp3) is 0.765. The molecule has 3 fully saturated rings. The molecule has 5 atom stereocenters. The van der Waals surface area contributed by atoms with Gasteiger partial charge in [-0.1, -0.05) is 0 Å². The van der Waals surface area contributed by atoms with Crippen LogP contribution in [-0.2, 0) is 16.1 Å². The number of morpholine rings is 1. The second-order valence-electron chi connectivity index (χ2n) is 7.45. The van der Waals surface area contributed by atoms with E-state index in [1.54, 1.807) is 0 Å². The maximum atomic E-state index is 13.0. The molecule has 6 nitrogen and oxygen atoms in total. The molecule has 0 aromatic carbocycles. The van der Waals surface area contributed by atoms with Crippen LogP contribution in [0.25, 0.3) is 0 Å². The highest BCUT2D eigenvalue weighted by Crippen LogP contribution is 2.48. The Morgan fingerprint density at radius 2 is 2.26 bits per heavy atom. The predicted octanol–water partition coefficient (Wildman–Crippen LogP) is 0.792. The van der Waals surface area contributed by atoms with Crippen LogP contribution in [0.15, 0.2) is 12.4 Å². The van der Waals surface area contributed by atoms with Gasteiger partial charge in [0.2, 0.25) is 5.91 Å². The van der Waals surface area contributed by atoms with Crippen molar-refractivity contribution in [1.82, 2.24) is 14.7 Å². The Kier molecular flexibility index (Phi) is 3.89. The van der Waals surface area contributed by atoms with E-state index < -0.39 is 0 Å². The molecule has 0 spiro atoms. The van der Waals surface area contributed by atoms with Crippen LogP contribution in [-0.4, -0.2) is 52.4 Å². The summed E-state index contributed by atoms with van der Waals surface area (Å²) in [7, 11) is 0. The van der Waals surface area contributed by atoms with Crippen molar-refractivity contribution in [1.29, 1.82) is 0 Å². The maximum absolute atomic E-state index is 13.0. The van der Waals surface area contributed by atoms with Crippen LogP contribution in [0.2, 0.25) is 0 Å². The predicted molar refractivity (Wildman–Crippen MR) is 85.6 cm³/mol. The number of hydrogen-bond acceptors (Lipinski definition) is 4. The van der Waals surface area contributed by atoms with Crippen LogP contribution < -0.4 is 5.73 Å². The summed E-state index contributed by atoms with van der Waals surface area (Å²) in [6, 6.07) is 0.0660. The Morgan fingerprint density at radius 1 is 1.43 bits per heavy atom. The molecule has 2 saturated carbocycles. The standard InChI is InChI=1S/C17H26N4O2/c1-11-7-19-21(8-11)10-14-9-20(4-5-23-14)17(22)15-12-2-3-13(6-12)16(15)18/h7-8,12-16H,2-6,9-10,18H2,1H3. The molecule has 1 aromatic heterocycles. The molecule has 2 bridgehead atoms. The first-order valence-corrected chi connectivity index (χ1v) is 8.77. The van der Waals surface area contributed by atoms with E-state index in [-0.39, 0.29) is 24.0 Å². The normalized spacial score (nSPS) is 36.6. The van der Waals surface area contributed by atoms with E-state index >= 15 is 0 Å². The fourth-order valence-corrected chi connectivity index (χ4v) is 4.72. The number of carbonyl (C=O) groups is 1. The summed E-state index contributed by atoms with van der Waals surface area (Å²) in [6.45, 7) is 4.66. The first-order valence-electron chi connectivity index (χ1n) is 8.77. The lowest BCUT2D eigenvalue weighted by Crippen LogP contribution is -2.53. The molecule has 2 heterocycles. The highest BCUT2D eigenvalue weighted by atomic mass is 16.5. The van der Waals surface area contributed by atoms with Crippen molar-refractivity contribution < 1.29 is 9.53 Å². The van der Waals surface area contributed by atoms with Crippen LogP contribution in [0.5, 0.6) is 0 Å². The van der Waals surface area contributed by atoms with Gasteiger partial charge >= 0.3 is 0 Å². The third kappa shape index (κ3) is 2.78. The molecule has 0 radical (unpaired) electrons. The molecule has 1 aliphatic heterocycles. The van der Waals surface area contributed by atoms with Gasteiger partial charge in [-0.15, -0.1) is 0 Å². The Morgan fingerprint density at radius 3 is 2.96 bits per heavy atom. The Labute approximate surface area is 137 Å². The zero-order valence-electron chi connectivity index (χ0n) is 13.7. The number of fused-ring (bicyclic) bond motifs is 2. The molecular formula is C17H26N4O2. The van der Waals surface area contributed by atoms with Crippen molar-refractivity contribution in [3.63, 3.8) is 0 Å². The minimum atomic E-state index is 0.0156. The summed E-state index contributed by atoms with van der Waals surface area (Å²) < 4.78 is 7.74. The van der Waals surface area contributed by atoms with E-state index in [0.717, 1.165) is 12.0 Å². The molecule has 6 heteroatoms. The van der Waals surface area contributed by atoms with Gasteiger partial charge in [0.1, 0.15) is 0 Å². The smallest absolute Gasteiger partial charge is 0.227 e. The minimum Gasteiger partial charge on any atom is -0.373 e. The van der Waals surface area contributed by atoms with Gasteiger partial charge in [0.05, 0.1) is 31.4 Å². The molecule has 23 heavy (non-hydrogen) atoms. The quantitative estimate of drug-likeness (QED) is 0.894. The lowest BCUT2D eigenvalue weighted by atomic mass is 9.84. The molecule has 2 aliphatic carbocycles. The lowest BCUT2D eigenvalue weighted by Gasteiger charge is -2.37. The molecule has 4 rings (SSSR count). The van der Waals surface area contributed by atoms with Gasteiger partial charge in [-0.3, -0.25) is 9.48 Å². The van der Waals surface area contributed by atoms with Crippen LogP contribution in [0.1, 0.15) is 24.8 Å². The first-order chi connectivity index (χ1) is 11.1. The number of nitrogens with zero attached hydrogens (tertiary/aromatic N) is 3. The highest BCUT2D eigenvalue weighted by molar-refractivity contribution is 5.80. The van der Waals surface area contributed by atoms with E-state index in [2.05, 4.69) is 5.10 Å². The van der Waals surface area contributed by atoms with Crippen LogP contribution in [0.3, 0.4) is 0 Å². The Balaban J connectivity index is 1.40. The van der Waals surface area contributed by atoms with Crippen molar-refractivity contribution in [2.45, 2.75) is 44.9 Å². The SMILES string of the molecule is Cc1cnn(CC2CN(C(=O)C3C4CCC(C4)C3N)CCO2)c1. The van der Waals surface area contributed by atoms with E-state index in [0.29, 0.717) is 38.1 Å². The third-order valence-electron chi connectivity index (χ3n) is 5.87. The van der Waals surface area contributed by atoms with Crippen molar-refractivity contribution in [3.8, 4) is 0 Å². The van der Waals surface area contributed by atoms with Crippen LogP contribution in [0.4, 0.5) is 0 Å². The summed E-state index contributed by atoms with van der Waals surface area (Å²) in [5, 5.41) is 4.31. The molecule has 126 valence electrons. The molecule has 5 unspecified atom stereocenters. The highest BCUT2D eigenvalue weighted by Gasteiger charge is 2.50. The average molecular weight is 318 g/mol. The van der Waals surface area contributed by atoms with Gasteiger partial charge in [0.15, 0.2) is 0 Å². The number of aryl methyl sites for hydroxylation is 1. The number of aromatic nitrogens is 2. The molecule has 3 aliphatic rings. The monoisotopic (exact) mass is 318 g/mol. The van der Waals surface area contributed by atoms with E-state index in [1.807, 2.05) is 28.9 Å². The topological polar surface area (TPSA) is 73.4 Å². The lowest BCUT2D eigenvalue weighted by molar-refractivity contribution is -0.145. The number of ether oxygens (including phenoxy) is 1. The van der Waals surface area contributed by atoms with Gasteiger partial charge < -0.3 is 15.4 Å². The number of carbonyl (C=O) groups excluding carboxylic acids is 1. The second-order valence-corrected chi connectivity index (χ2v) is 7.45. The summed E-state index contributed by atoms with van der Waals surface area (Å²) >= 11 is 0. The van der Waals surface area contributed by atoms with Crippen LogP contribution in [0, 0.1) is 24.7 Å². The zero-order valence-corrected chi connectivity index (χ0v) is 13.7. The maximum Gasteiger partial charge on any atom is 0.227 e. The van der Waals surface area contributed by atoms with Crippen molar-refractivity contribution in [2.24, 2.45) is 23.5 Å². The Hall–Kier alpha value is -1.40. The molecule has 1 aromatic rings. The molecule has 2 N–H and O–H groups in total. The largest absolute Gasteiger partial charge is 0.373 e. The molecule has 1 amide bonds. The first kappa shape index (κ1) is 15.1. The number of rotatable bonds is 3. The second kappa shape index (κ2) is 5.91. The van der Waals surface area contributed by atoms with Gasteiger partial charge in [-0.2, -0.15) is 5.10 Å². The molecule has 1 saturated heterocycles. The number of nitrogens with two attached hydrogens (primary N) is 1. The van der Waals surface area contributed by atoms with Crippen molar-refractivity contribution in [2.75, 3.05) is 19.7 Å². The van der Waals surface area contributed by atoms with Crippen LogP contribution >= 0.6 is 0 Å². The zero-order chi connectivity index (χ0) is 16.0. The van der Waals surface area contributed by atoms with E-state index in [4.69, 9.17) is 10.5 Å². The van der Waals surface area contributed by atoms with E-state index in [9.17, 15) is 4.79 Å². The number of amides is 1. The van der Waals surface area contributed by atoms with Crippen molar-refractivity contribution in [3.05, 3.63) is 18.0 Å². The fourth-order valence-electron chi connectivity index (χ4n) is 4.72. The van der Waals surface area contributed by atoms with Crippen molar-refractivity contribution >= 4 is 5.91 Å². The third-order valence-corrected chi connectivity index (χ3v) is 5.87. The van der Waals surface area contributed by atoms with Gasteiger partial charge in [-0.25, -0.2) is 0 Å². The van der Waals surface area contributed by atoms with Gasteiger partial charge in [0, 0.05) is 25.3 Å². The average Bonchev–Trinajstić information content (AvgIpc) is 3.23. The summed E-state index contributed by atoms with van der Waals surface area (Å²) in [5.74, 6) is 1.38.